The highest BCUT2D eigenvalue weighted by atomic mass is 19.1. The fourth-order valence-electron chi connectivity index (χ4n) is 4.15. The van der Waals surface area contributed by atoms with Gasteiger partial charge < -0.3 is 19.9 Å². The van der Waals surface area contributed by atoms with Gasteiger partial charge in [0.15, 0.2) is 11.4 Å². The van der Waals surface area contributed by atoms with Gasteiger partial charge in [0, 0.05) is 42.7 Å². The second-order valence-electron chi connectivity index (χ2n) is 7.74. The molecule has 0 spiro atoms. The van der Waals surface area contributed by atoms with Gasteiger partial charge in [-0.05, 0) is 12.3 Å². The maximum Gasteiger partial charge on any atom is 0.278 e. The van der Waals surface area contributed by atoms with Crippen molar-refractivity contribution in [3.8, 4) is 5.75 Å². The third-order valence-corrected chi connectivity index (χ3v) is 5.72. The lowest BCUT2D eigenvalue weighted by Gasteiger charge is -2.34. The molecule has 1 aromatic carbocycles. The number of halogens is 3. The molecule has 0 aliphatic carbocycles. The van der Waals surface area contributed by atoms with Crippen LogP contribution in [0.15, 0.2) is 35.4 Å². The molecule has 7 nitrogen and oxygen atoms in total. The van der Waals surface area contributed by atoms with Crippen LogP contribution >= 0.6 is 0 Å². The molecule has 31 heavy (non-hydrogen) atoms. The van der Waals surface area contributed by atoms with E-state index in [0.29, 0.717) is 24.3 Å². The van der Waals surface area contributed by atoms with Gasteiger partial charge in [0.25, 0.3) is 11.8 Å². The van der Waals surface area contributed by atoms with Gasteiger partial charge in [-0.25, -0.2) is 13.2 Å². The van der Waals surface area contributed by atoms with Crippen LogP contribution in [0.3, 0.4) is 0 Å². The number of hydrogen-bond acceptors (Lipinski definition) is 4. The van der Waals surface area contributed by atoms with Gasteiger partial charge in [0.2, 0.25) is 5.43 Å². The van der Waals surface area contributed by atoms with E-state index >= 15 is 0 Å². The van der Waals surface area contributed by atoms with Crippen LogP contribution in [0.4, 0.5) is 13.2 Å². The zero-order valence-electron chi connectivity index (χ0n) is 16.4. The summed E-state index contributed by atoms with van der Waals surface area (Å²) in [5.41, 5.74) is -1.82. The number of pyridine rings is 1. The van der Waals surface area contributed by atoms with E-state index in [2.05, 4.69) is 11.9 Å². The summed E-state index contributed by atoms with van der Waals surface area (Å²) < 4.78 is 41.9. The van der Waals surface area contributed by atoms with Gasteiger partial charge in [-0.3, -0.25) is 14.4 Å². The van der Waals surface area contributed by atoms with Crippen molar-refractivity contribution in [2.75, 3.05) is 0 Å². The molecule has 0 saturated carbocycles. The minimum atomic E-state index is -1.19. The number of hydrogen-bond donors (Lipinski definition) is 2. The van der Waals surface area contributed by atoms with Gasteiger partial charge in [-0.15, -0.1) is 0 Å². The smallest absolute Gasteiger partial charge is 0.278 e. The fraction of sp³-hybridized carbons (Fsp3) is 0.286. The van der Waals surface area contributed by atoms with Crippen molar-refractivity contribution in [2.24, 2.45) is 5.92 Å². The minimum absolute atomic E-state index is 0.0906. The largest absolute Gasteiger partial charge is 0.503 e. The number of benzene rings is 1. The Morgan fingerprint density at radius 3 is 2.55 bits per heavy atom. The predicted octanol–water partition coefficient (Wildman–Crippen LogP) is 2.28. The van der Waals surface area contributed by atoms with Crippen LogP contribution in [-0.4, -0.2) is 32.4 Å². The Kier molecular flexibility index (Phi) is 4.87. The molecule has 0 bridgehead atoms. The lowest BCUT2D eigenvalue weighted by atomic mass is 10.00. The summed E-state index contributed by atoms with van der Waals surface area (Å²) >= 11 is 0. The van der Waals surface area contributed by atoms with Crippen LogP contribution in [-0.2, 0) is 13.1 Å². The van der Waals surface area contributed by atoms with Gasteiger partial charge in [-0.1, -0.05) is 13.5 Å². The van der Waals surface area contributed by atoms with Crippen LogP contribution in [0.5, 0.6) is 5.75 Å². The van der Waals surface area contributed by atoms with E-state index in [4.69, 9.17) is 0 Å². The zero-order valence-corrected chi connectivity index (χ0v) is 16.4. The first-order valence-corrected chi connectivity index (χ1v) is 9.49. The first-order valence-electron chi connectivity index (χ1n) is 9.49. The lowest BCUT2D eigenvalue weighted by molar-refractivity contribution is 0.0681. The molecule has 10 heteroatoms. The second-order valence-corrected chi connectivity index (χ2v) is 7.74. The summed E-state index contributed by atoms with van der Waals surface area (Å²) in [7, 11) is 0. The average molecular weight is 433 g/mol. The van der Waals surface area contributed by atoms with Gasteiger partial charge in [0.1, 0.15) is 23.0 Å². The van der Waals surface area contributed by atoms with E-state index in [1.54, 1.807) is 0 Å². The van der Waals surface area contributed by atoms with Gasteiger partial charge in [-0.2, -0.15) is 0 Å². The zero-order chi connectivity index (χ0) is 22.6. The summed E-state index contributed by atoms with van der Waals surface area (Å²) in [6.45, 7) is 5.40. The molecular weight excluding hydrogens is 415 g/mol. The Hall–Kier alpha value is -3.56. The molecule has 2 aromatic rings. The number of fused-ring (bicyclic) bond motifs is 2. The highest BCUT2D eigenvalue weighted by molar-refractivity contribution is 6.00. The Balaban J connectivity index is 1.65. The monoisotopic (exact) mass is 433 g/mol. The Morgan fingerprint density at radius 2 is 1.90 bits per heavy atom. The van der Waals surface area contributed by atoms with Crippen LogP contribution in [0.1, 0.15) is 39.8 Å². The number of carbonyl (C=O) groups is 2. The molecule has 2 amide bonds. The van der Waals surface area contributed by atoms with Crippen molar-refractivity contribution in [1.29, 1.82) is 0 Å². The van der Waals surface area contributed by atoms with Crippen molar-refractivity contribution in [1.82, 2.24) is 14.8 Å². The Bertz CT molecular complexity index is 1180. The molecular formula is C21H18F3N3O4. The molecule has 1 aromatic heterocycles. The Labute approximate surface area is 174 Å². The number of aromatic nitrogens is 1. The summed E-state index contributed by atoms with van der Waals surface area (Å²) in [4.78, 5) is 39.4. The molecule has 162 valence electrons. The van der Waals surface area contributed by atoms with E-state index in [1.165, 1.54) is 9.47 Å². The first kappa shape index (κ1) is 20.7. The molecule has 0 unspecified atom stereocenters. The summed E-state index contributed by atoms with van der Waals surface area (Å²) in [6, 6.07) is 0.698. The second kappa shape index (κ2) is 7.29. The maximum absolute atomic E-state index is 13.8. The number of rotatable bonds is 3. The normalized spacial score (nSPS) is 19.9. The standard InChI is InChI=1S/C21H18F3N3O4/c1-9-3-10(2)27-16(9)8-26-7-13(18(28)19(29)17(26)21(27)31)20(30)25-6-12-14(23)4-11(22)5-15(12)24/h4-5,7,9,16,29H,2-3,6,8H2,1H3,(H,25,30)/t9-,16-/m0/s1. The maximum atomic E-state index is 13.8. The van der Waals surface area contributed by atoms with Crippen molar-refractivity contribution >= 4 is 11.8 Å². The summed E-state index contributed by atoms with van der Waals surface area (Å²) in [5, 5.41) is 12.6. The average Bonchev–Trinajstić information content (AvgIpc) is 2.97. The number of aromatic hydroxyl groups is 1. The quantitative estimate of drug-likeness (QED) is 0.777. The molecule has 0 radical (unpaired) electrons. The van der Waals surface area contributed by atoms with E-state index in [1.807, 2.05) is 6.92 Å². The molecule has 2 aliphatic rings. The van der Waals surface area contributed by atoms with Gasteiger partial charge in [0.05, 0.1) is 6.04 Å². The van der Waals surface area contributed by atoms with Crippen LogP contribution in [0.2, 0.25) is 0 Å². The molecule has 4 rings (SSSR count). The molecule has 3 heterocycles. The lowest BCUT2D eigenvalue weighted by Crippen LogP contribution is -2.46. The number of nitrogens with one attached hydrogen (secondary N) is 1. The molecule has 1 saturated heterocycles. The summed E-state index contributed by atoms with van der Waals surface area (Å²) in [6.07, 6.45) is 1.73. The Morgan fingerprint density at radius 1 is 1.26 bits per heavy atom. The van der Waals surface area contributed by atoms with E-state index in [9.17, 15) is 32.7 Å². The van der Waals surface area contributed by atoms with Crippen LogP contribution in [0, 0.1) is 23.4 Å². The highest BCUT2D eigenvalue weighted by Crippen LogP contribution is 2.38. The number of nitrogens with zero attached hydrogens (tertiary/aromatic N) is 2. The number of allylic oxidation sites excluding steroid dienone is 1. The highest BCUT2D eigenvalue weighted by Gasteiger charge is 2.43. The first-order chi connectivity index (χ1) is 14.6. The van der Waals surface area contributed by atoms with Crippen molar-refractivity contribution in [3.05, 3.63) is 75.1 Å². The third kappa shape index (κ3) is 3.28. The minimum Gasteiger partial charge on any atom is -0.503 e. The third-order valence-electron chi connectivity index (χ3n) is 5.72. The molecule has 1 fully saturated rings. The SMILES string of the molecule is C=C1C[C@H](C)[C@@H]2Cn3cc(C(=O)NCc4c(F)cc(F)cc4F)c(=O)c(O)c3C(=O)N12. The van der Waals surface area contributed by atoms with Crippen molar-refractivity contribution in [3.63, 3.8) is 0 Å². The topological polar surface area (TPSA) is 91.6 Å². The number of carbonyl (C=O) groups excluding carboxylic acids is 2. The van der Waals surface area contributed by atoms with Gasteiger partial charge >= 0.3 is 0 Å². The predicted molar refractivity (Wildman–Crippen MR) is 103 cm³/mol. The van der Waals surface area contributed by atoms with E-state index in [0.717, 1.165) is 6.20 Å². The molecule has 2 N–H and O–H groups in total. The van der Waals surface area contributed by atoms with Crippen molar-refractivity contribution in [2.45, 2.75) is 32.5 Å². The summed E-state index contributed by atoms with van der Waals surface area (Å²) in [5.74, 6) is -5.87. The van der Waals surface area contributed by atoms with E-state index in [-0.39, 0.29) is 24.2 Å². The molecule has 2 aliphatic heterocycles. The fourth-order valence-corrected chi connectivity index (χ4v) is 4.15. The number of amides is 2. The van der Waals surface area contributed by atoms with Crippen molar-refractivity contribution < 1.29 is 27.9 Å². The molecule has 2 atom stereocenters. The van der Waals surface area contributed by atoms with E-state index < -0.39 is 58.1 Å². The van der Waals surface area contributed by atoms with Crippen LogP contribution < -0.4 is 10.7 Å². The van der Waals surface area contributed by atoms with Crippen LogP contribution in [0.25, 0.3) is 0 Å².